The molecular formula is C9H15O5P2+. The Morgan fingerprint density at radius 1 is 1.00 bits per heavy atom. The predicted octanol–water partition coefficient (Wildman–Crippen LogP) is 3.44. The van der Waals surface area contributed by atoms with Crippen LogP contribution in [0.2, 0.25) is 0 Å². The van der Waals surface area contributed by atoms with Crippen molar-refractivity contribution in [2.24, 2.45) is 0 Å². The molecule has 0 aromatic carbocycles. The van der Waals surface area contributed by atoms with Crippen molar-refractivity contribution < 1.29 is 22.7 Å². The second-order valence-electron chi connectivity index (χ2n) is 2.46. The molecule has 0 aromatic rings. The standard InChI is InChI=1S/C9H15O5P2/c1-4-7-12-15(10)16(11,13-8-5-2)14-9-6-3/h4-6H,1-3,7-9H2/q+1. The lowest BCUT2D eigenvalue weighted by atomic mass is 10.7. The molecule has 0 amide bonds. The van der Waals surface area contributed by atoms with Crippen molar-refractivity contribution in [2.75, 3.05) is 19.8 Å². The van der Waals surface area contributed by atoms with Crippen molar-refractivity contribution in [3.05, 3.63) is 38.0 Å². The molecule has 0 fully saturated rings. The van der Waals surface area contributed by atoms with Crippen LogP contribution in [0.1, 0.15) is 0 Å². The largest absolute Gasteiger partial charge is 0.623 e. The zero-order chi connectivity index (χ0) is 12.4. The molecular weight excluding hydrogens is 250 g/mol. The van der Waals surface area contributed by atoms with Crippen LogP contribution in [-0.4, -0.2) is 19.8 Å². The Morgan fingerprint density at radius 3 is 1.81 bits per heavy atom. The molecule has 0 rings (SSSR count). The van der Waals surface area contributed by atoms with E-state index in [2.05, 4.69) is 19.7 Å². The average Bonchev–Trinajstić information content (AvgIpc) is 2.30. The van der Waals surface area contributed by atoms with Crippen molar-refractivity contribution in [2.45, 2.75) is 0 Å². The van der Waals surface area contributed by atoms with E-state index in [1.54, 1.807) is 0 Å². The van der Waals surface area contributed by atoms with E-state index in [-0.39, 0.29) is 19.8 Å². The molecule has 0 saturated heterocycles. The molecule has 0 aliphatic carbocycles. The van der Waals surface area contributed by atoms with Gasteiger partial charge in [-0.15, -0.1) is 24.3 Å². The summed E-state index contributed by atoms with van der Waals surface area (Å²) in [6, 6.07) is 0. The first-order chi connectivity index (χ1) is 7.60. The molecule has 0 spiro atoms. The highest BCUT2D eigenvalue weighted by atomic mass is 32.1. The molecule has 0 aromatic heterocycles. The molecule has 90 valence electrons. The second-order valence-corrected chi connectivity index (χ2v) is 7.10. The molecule has 5 nitrogen and oxygen atoms in total. The van der Waals surface area contributed by atoms with Gasteiger partial charge in [0.1, 0.15) is 6.61 Å². The van der Waals surface area contributed by atoms with Crippen LogP contribution >= 0.6 is 15.0 Å². The number of rotatable bonds is 10. The fourth-order valence-electron chi connectivity index (χ4n) is 0.613. The summed E-state index contributed by atoms with van der Waals surface area (Å²) >= 11 is 0. The third-order valence-electron chi connectivity index (χ3n) is 1.21. The smallest absolute Gasteiger partial charge is 0.265 e. The van der Waals surface area contributed by atoms with Gasteiger partial charge >= 0.3 is 15.0 Å². The van der Waals surface area contributed by atoms with Crippen LogP contribution in [0.15, 0.2) is 38.0 Å². The van der Waals surface area contributed by atoms with Gasteiger partial charge in [0, 0.05) is 0 Å². The summed E-state index contributed by atoms with van der Waals surface area (Å²) in [6.45, 7) is 10.1. The van der Waals surface area contributed by atoms with Crippen LogP contribution < -0.4 is 0 Å². The monoisotopic (exact) mass is 265 g/mol. The predicted molar refractivity (Wildman–Crippen MR) is 63.7 cm³/mol. The van der Waals surface area contributed by atoms with Crippen LogP contribution in [0.25, 0.3) is 0 Å². The normalized spacial score (nSPS) is 11.9. The quantitative estimate of drug-likeness (QED) is 0.447. The summed E-state index contributed by atoms with van der Waals surface area (Å²) < 4.78 is 38.0. The summed E-state index contributed by atoms with van der Waals surface area (Å²) in [5.74, 6) is 0. The van der Waals surface area contributed by atoms with E-state index in [4.69, 9.17) is 13.6 Å². The Morgan fingerprint density at radius 2 is 1.44 bits per heavy atom. The lowest BCUT2D eigenvalue weighted by molar-refractivity contribution is 0.245. The van der Waals surface area contributed by atoms with E-state index >= 15 is 0 Å². The van der Waals surface area contributed by atoms with E-state index in [0.717, 1.165) is 0 Å². The third-order valence-corrected chi connectivity index (χ3v) is 5.17. The molecule has 16 heavy (non-hydrogen) atoms. The summed E-state index contributed by atoms with van der Waals surface area (Å²) in [4.78, 5) is 0. The zero-order valence-corrected chi connectivity index (χ0v) is 10.7. The molecule has 7 heteroatoms. The summed E-state index contributed by atoms with van der Waals surface area (Å²) in [5, 5.41) is 0. The summed E-state index contributed by atoms with van der Waals surface area (Å²) in [7, 11) is -6.34. The van der Waals surface area contributed by atoms with Crippen molar-refractivity contribution in [1.82, 2.24) is 0 Å². The van der Waals surface area contributed by atoms with E-state index in [1.165, 1.54) is 18.2 Å². The van der Waals surface area contributed by atoms with Gasteiger partial charge in [0.2, 0.25) is 0 Å². The fraction of sp³-hybridized carbons (Fsp3) is 0.333. The molecule has 0 bridgehead atoms. The third kappa shape index (κ3) is 5.50. The Labute approximate surface area is 96.1 Å². The van der Waals surface area contributed by atoms with Gasteiger partial charge in [0.15, 0.2) is 0 Å². The van der Waals surface area contributed by atoms with Crippen LogP contribution in [0.5, 0.6) is 0 Å². The summed E-state index contributed by atoms with van der Waals surface area (Å²) in [5.41, 5.74) is 0. The van der Waals surface area contributed by atoms with Gasteiger partial charge in [-0.05, 0) is 4.57 Å². The Balaban J connectivity index is 4.54. The molecule has 1 unspecified atom stereocenters. The molecule has 0 N–H and O–H groups in total. The fourth-order valence-corrected chi connectivity index (χ4v) is 3.43. The maximum atomic E-state index is 12.0. The molecule has 0 aliphatic rings. The minimum absolute atomic E-state index is 0.00803. The highest BCUT2D eigenvalue weighted by Gasteiger charge is 2.51. The number of hydrogen-bond acceptors (Lipinski definition) is 5. The first-order valence-electron chi connectivity index (χ1n) is 4.43. The zero-order valence-electron chi connectivity index (χ0n) is 8.91. The molecule has 1 atom stereocenters. The van der Waals surface area contributed by atoms with Gasteiger partial charge in [-0.1, -0.05) is 18.2 Å². The maximum absolute atomic E-state index is 12.0. The SMILES string of the molecule is C=CCO[P+](=O)P(=O)(OCC=C)OCC=C. The van der Waals surface area contributed by atoms with E-state index in [9.17, 15) is 9.13 Å². The lowest BCUT2D eigenvalue weighted by Crippen LogP contribution is -1.95. The Kier molecular flexibility index (Phi) is 8.26. The number of hydrogen-bond donors (Lipinski definition) is 0. The van der Waals surface area contributed by atoms with Crippen molar-refractivity contribution >= 4 is 15.0 Å². The van der Waals surface area contributed by atoms with Crippen LogP contribution in [0, 0.1) is 0 Å². The van der Waals surface area contributed by atoms with Gasteiger partial charge in [0.05, 0.1) is 13.2 Å². The van der Waals surface area contributed by atoms with Gasteiger partial charge in [-0.2, -0.15) is 0 Å². The second kappa shape index (κ2) is 8.57. The maximum Gasteiger partial charge on any atom is 0.623 e. The lowest BCUT2D eigenvalue weighted by Gasteiger charge is -2.04. The minimum Gasteiger partial charge on any atom is -0.265 e. The highest BCUT2D eigenvalue weighted by molar-refractivity contribution is 8.21. The van der Waals surface area contributed by atoms with Crippen molar-refractivity contribution in [1.29, 1.82) is 0 Å². The van der Waals surface area contributed by atoms with Crippen LogP contribution in [0.3, 0.4) is 0 Å². The first kappa shape index (κ1) is 15.4. The van der Waals surface area contributed by atoms with Gasteiger partial charge < -0.3 is 0 Å². The van der Waals surface area contributed by atoms with Crippen LogP contribution in [0.4, 0.5) is 0 Å². The van der Waals surface area contributed by atoms with E-state index < -0.39 is 15.0 Å². The molecule has 0 heterocycles. The van der Waals surface area contributed by atoms with Crippen molar-refractivity contribution in [3.63, 3.8) is 0 Å². The van der Waals surface area contributed by atoms with Crippen molar-refractivity contribution in [3.8, 4) is 0 Å². The van der Waals surface area contributed by atoms with Gasteiger partial charge in [0.25, 0.3) is 0 Å². The van der Waals surface area contributed by atoms with Gasteiger partial charge in [-0.3, -0.25) is 9.05 Å². The van der Waals surface area contributed by atoms with Crippen LogP contribution in [-0.2, 0) is 22.7 Å². The molecule has 0 aliphatic heterocycles. The Hall–Kier alpha value is -0.570. The average molecular weight is 265 g/mol. The van der Waals surface area contributed by atoms with E-state index in [1.807, 2.05) is 0 Å². The highest BCUT2D eigenvalue weighted by Crippen LogP contribution is 2.70. The topological polar surface area (TPSA) is 61.8 Å². The van der Waals surface area contributed by atoms with Gasteiger partial charge in [-0.25, -0.2) is 4.57 Å². The Bertz CT molecular complexity index is 297. The minimum atomic E-state index is -3.78. The van der Waals surface area contributed by atoms with E-state index in [0.29, 0.717) is 0 Å². The first-order valence-corrected chi connectivity index (χ1v) is 7.85. The summed E-state index contributed by atoms with van der Waals surface area (Å²) in [6.07, 6.45) is 4.14. The molecule has 0 radical (unpaired) electrons. The molecule has 0 saturated carbocycles.